The standard InChI is InChI=1S/C20H26N4O2/c1-14-11-15(2)22-20(21-14)24-8-6-23(7-9-24)13-18(25)16-3-4-19-17(12-16)5-10-26-19/h3-4,11-12,18,25H,5-10,13H2,1-2H3. The van der Waals surface area contributed by atoms with Gasteiger partial charge >= 0.3 is 0 Å². The number of piperazine rings is 1. The van der Waals surface area contributed by atoms with Gasteiger partial charge in [0.25, 0.3) is 0 Å². The lowest BCUT2D eigenvalue weighted by atomic mass is 10.0. The first-order valence-electron chi connectivity index (χ1n) is 9.32. The number of aliphatic hydroxyl groups is 1. The summed E-state index contributed by atoms with van der Waals surface area (Å²) in [5.74, 6) is 1.78. The molecule has 1 saturated heterocycles. The molecule has 2 aliphatic heterocycles. The van der Waals surface area contributed by atoms with Crippen molar-refractivity contribution in [2.75, 3.05) is 44.2 Å². The van der Waals surface area contributed by atoms with E-state index < -0.39 is 6.10 Å². The lowest BCUT2D eigenvalue weighted by Gasteiger charge is -2.35. The maximum absolute atomic E-state index is 10.6. The van der Waals surface area contributed by atoms with Gasteiger partial charge in [0.1, 0.15) is 5.75 Å². The van der Waals surface area contributed by atoms with E-state index in [1.165, 1.54) is 5.56 Å². The van der Waals surface area contributed by atoms with Crippen LogP contribution in [0.3, 0.4) is 0 Å². The van der Waals surface area contributed by atoms with E-state index in [0.29, 0.717) is 6.54 Å². The van der Waals surface area contributed by atoms with Crippen molar-refractivity contribution in [1.82, 2.24) is 14.9 Å². The third-order valence-corrected chi connectivity index (χ3v) is 5.16. The number of ether oxygens (including phenoxy) is 1. The smallest absolute Gasteiger partial charge is 0.225 e. The number of hydrogen-bond donors (Lipinski definition) is 1. The average molecular weight is 354 g/mol. The van der Waals surface area contributed by atoms with Gasteiger partial charge in [-0.05, 0) is 43.2 Å². The highest BCUT2D eigenvalue weighted by Gasteiger charge is 2.22. The van der Waals surface area contributed by atoms with E-state index >= 15 is 0 Å². The van der Waals surface area contributed by atoms with Crippen molar-refractivity contribution in [3.05, 3.63) is 46.8 Å². The number of aliphatic hydroxyl groups excluding tert-OH is 1. The monoisotopic (exact) mass is 354 g/mol. The first-order chi connectivity index (χ1) is 12.6. The zero-order chi connectivity index (χ0) is 18.1. The number of benzene rings is 1. The second-order valence-electron chi connectivity index (χ2n) is 7.22. The van der Waals surface area contributed by atoms with Gasteiger partial charge in [-0.1, -0.05) is 6.07 Å². The highest BCUT2D eigenvalue weighted by molar-refractivity contribution is 5.40. The summed E-state index contributed by atoms with van der Waals surface area (Å²) in [4.78, 5) is 13.7. The van der Waals surface area contributed by atoms with Crippen LogP contribution in [0.4, 0.5) is 5.95 Å². The van der Waals surface area contributed by atoms with Crippen molar-refractivity contribution < 1.29 is 9.84 Å². The average Bonchev–Trinajstić information content (AvgIpc) is 3.09. The number of anilines is 1. The van der Waals surface area contributed by atoms with Crippen LogP contribution in [0.15, 0.2) is 24.3 Å². The fourth-order valence-corrected chi connectivity index (χ4v) is 3.74. The molecule has 0 saturated carbocycles. The van der Waals surface area contributed by atoms with Crippen LogP contribution in [-0.2, 0) is 6.42 Å². The topological polar surface area (TPSA) is 61.7 Å². The largest absolute Gasteiger partial charge is 0.493 e. The van der Waals surface area contributed by atoms with E-state index in [4.69, 9.17) is 4.74 Å². The molecule has 1 fully saturated rings. The number of aromatic nitrogens is 2. The van der Waals surface area contributed by atoms with Gasteiger partial charge < -0.3 is 14.7 Å². The normalized spacial score (nSPS) is 18.5. The lowest BCUT2D eigenvalue weighted by Crippen LogP contribution is -2.48. The zero-order valence-corrected chi connectivity index (χ0v) is 15.5. The van der Waals surface area contributed by atoms with Crippen molar-refractivity contribution >= 4 is 5.95 Å². The summed E-state index contributed by atoms with van der Waals surface area (Å²) in [7, 11) is 0. The van der Waals surface area contributed by atoms with Crippen LogP contribution in [0.2, 0.25) is 0 Å². The summed E-state index contributed by atoms with van der Waals surface area (Å²) < 4.78 is 5.54. The Hall–Kier alpha value is -2.18. The van der Waals surface area contributed by atoms with Crippen LogP contribution in [0.1, 0.15) is 28.6 Å². The molecular weight excluding hydrogens is 328 g/mol. The SMILES string of the molecule is Cc1cc(C)nc(N2CCN(CC(O)c3ccc4c(c3)CCO4)CC2)n1. The Morgan fingerprint density at radius 2 is 1.81 bits per heavy atom. The Balaban J connectivity index is 1.35. The molecule has 2 aliphatic rings. The molecular formula is C20H26N4O2. The number of β-amino-alcohol motifs (C(OH)–C–C–N with tert-alkyl or cyclic N) is 1. The minimum Gasteiger partial charge on any atom is -0.493 e. The van der Waals surface area contributed by atoms with Gasteiger partial charge in [-0.25, -0.2) is 9.97 Å². The Morgan fingerprint density at radius 3 is 2.54 bits per heavy atom. The Labute approximate surface area is 154 Å². The molecule has 1 N–H and O–H groups in total. The molecule has 138 valence electrons. The molecule has 0 spiro atoms. The van der Waals surface area contributed by atoms with E-state index in [9.17, 15) is 5.11 Å². The van der Waals surface area contributed by atoms with E-state index in [1.807, 2.05) is 32.0 Å². The molecule has 1 aromatic carbocycles. The van der Waals surface area contributed by atoms with E-state index in [1.54, 1.807) is 0 Å². The highest BCUT2D eigenvalue weighted by Crippen LogP contribution is 2.28. The van der Waals surface area contributed by atoms with Crippen LogP contribution >= 0.6 is 0 Å². The summed E-state index contributed by atoms with van der Waals surface area (Å²) in [6, 6.07) is 8.05. The first-order valence-corrected chi connectivity index (χ1v) is 9.32. The van der Waals surface area contributed by atoms with Crippen LogP contribution in [0.5, 0.6) is 5.75 Å². The third-order valence-electron chi connectivity index (χ3n) is 5.16. The van der Waals surface area contributed by atoms with Crippen molar-refractivity contribution in [2.24, 2.45) is 0 Å². The van der Waals surface area contributed by atoms with Crippen molar-refractivity contribution in [2.45, 2.75) is 26.4 Å². The molecule has 1 atom stereocenters. The van der Waals surface area contributed by atoms with Crippen LogP contribution < -0.4 is 9.64 Å². The predicted octanol–water partition coefficient (Wildman–Crippen LogP) is 1.88. The minimum absolute atomic E-state index is 0.468. The van der Waals surface area contributed by atoms with Gasteiger partial charge in [0, 0.05) is 50.5 Å². The summed E-state index contributed by atoms with van der Waals surface area (Å²) in [5.41, 5.74) is 4.20. The second kappa shape index (κ2) is 7.21. The van der Waals surface area contributed by atoms with Crippen molar-refractivity contribution in [3.63, 3.8) is 0 Å². The first kappa shape index (κ1) is 17.2. The Morgan fingerprint density at radius 1 is 1.08 bits per heavy atom. The molecule has 4 rings (SSSR count). The Kier molecular flexibility index (Phi) is 4.78. The lowest BCUT2D eigenvalue weighted by molar-refractivity contribution is 0.109. The Bertz CT molecular complexity index is 767. The highest BCUT2D eigenvalue weighted by atomic mass is 16.5. The van der Waals surface area contributed by atoms with Gasteiger partial charge in [0.2, 0.25) is 5.95 Å². The summed E-state index contributed by atoms with van der Waals surface area (Å²) >= 11 is 0. The van der Waals surface area contributed by atoms with Crippen molar-refractivity contribution in [1.29, 1.82) is 0 Å². The molecule has 0 bridgehead atoms. The fourth-order valence-electron chi connectivity index (χ4n) is 3.74. The number of fused-ring (bicyclic) bond motifs is 1. The second-order valence-corrected chi connectivity index (χ2v) is 7.22. The maximum Gasteiger partial charge on any atom is 0.225 e. The van der Waals surface area contributed by atoms with Gasteiger partial charge in [-0.3, -0.25) is 4.90 Å². The fraction of sp³-hybridized carbons (Fsp3) is 0.500. The molecule has 0 aliphatic carbocycles. The minimum atomic E-state index is -0.468. The molecule has 1 unspecified atom stereocenters. The van der Waals surface area contributed by atoms with Crippen LogP contribution in [0.25, 0.3) is 0 Å². The maximum atomic E-state index is 10.6. The van der Waals surface area contributed by atoms with Crippen LogP contribution in [0, 0.1) is 13.8 Å². The number of nitrogens with zero attached hydrogens (tertiary/aromatic N) is 4. The summed E-state index contributed by atoms with van der Waals surface area (Å²) in [6.07, 6.45) is 0.467. The quantitative estimate of drug-likeness (QED) is 0.905. The molecule has 3 heterocycles. The number of rotatable bonds is 4. The van der Waals surface area contributed by atoms with E-state index in [0.717, 1.165) is 67.9 Å². The molecule has 2 aromatic rings. The van der Waals surface area contributed by atoms with E-state index in [2.05, 4.69) is 25.8 Å². The van der Waals surface area contributed by atoms with Crippen LogP contribution in [-0.4, -0.2) is 59.3 Å². The third kappa shape index (κ3) is 3.66. The molecule has 6 heteroatoms. The molecule has 0 radical (unpaired) electrons. The molecule has 1 aromatic heterocycles. The van der Waals surface area contributed by atoms with Gasteiger partial charge in [-0.2, -0.15) is 0 Å². The number of hydrogen-bond acceptors (Lipinski definition) is 6. The number of aryl methyl sites for hydroxylation is 2. The zero-order valence-electron chi connectivity index (χ0n) is 15.5. The van der Waals surface area contributed by atoms with Gasteiger partial charge in [-0.15, -0.1) is 0 Å². The van der Waals surface area contributed by atoms with Gasteiger partial charge in [0.15, 0.2) is 0 Å². The molecule has 6 nitrogen and oxygen atoms in total. The summed E-state index contributed by atoms with van der Waals surface area (Å²) in [5, 5.41) is 10.6. The van der Waals surface area contributed by atoms with Gasteiger partial charge in [0.05, 0.1) is 12.7 Å². The molecule has 26 heavy (non-hydrogen) atoms. The predicted molar refractivity (Wildman–Crippen MR) is 101 cm³/mol. The summed E-state index contributed by atoms with van der Waals surface area (Å²) in [6.45, 7) is 8.99. The van der Waals surface area contributed by atoms with E-state index in [-0.39, 0.29) is 0 Å². The van der Waals surface area contributed by atoms with Crippen molar-refractivity contribution in [3.8, 4) is 5.75 Å². The molecule has 0 amide bonds.